The summed E-state index contributed by atoms with van der Waals surface area (Å²) in [5.74, 6) is 0.0651. The van der Waals surface area contributed by atoms with Gasteiger partial charge in [0, 0.05) is 50.5 Å². The van der Waals surface area contributed by atoms with Gasteiger partial charge in [0.1, 0.15) is 0 Å². The Bertz CT molecular complexity index is 1120. The topological polar surface area (TPSA) is 79.7 Å². The van der Waals surface area contributed by atoms with Gasteiger partial charge in [-0.3, -0.25) is 9.59 Å². The predicted molar refractivity (Wildman–Crippen MR) is 122 cm³/mol. The molecule has 3 heterocycles. The molecule has 3 aliphatic heterocycles. The van der Waals surface area contributed by atoms with Gasteiger partial charge in [-0.25, -0.2) is 0 Å². The monoisotopic (exact) mass is 429 g/mol. The van der Waals surface area contributed by atoms with E-state index in [0.29, 0.717) is 31.5 Å². The highest BCUT2D eigenvalue weighted by atomic mass is 16.2. The van der Waals surface area contributed by atoms with E-state index >= 15 is 0 Å². The van der Waals surface area contributed by atoms with Crippen LogP contribution in [-0.2, 0) is 11.2 Å². The van der Waals surface area contributed by atoms with Crippen LogP contribution in [0.2, 0.25) is 0 Å². The van der Waals surface area contributed by atoms with Gasteiger partial charge in [0.2, 0.25) is 5.91 Å². The number of likely N-dealkylation sites (tertiary alicyclic amines) is 1. The number of hydrogen-bond donors (Lipinski definition) is 1. The average molecular weight is 430 g/mol. The fourth-order valence-corrected chi connectivity index (χ4v) is 5.04. The van der Waals surface area contributed by atoms with E-state index in [2.05, 4.69) is 35.6 Å². The number of nitriles is 1. The van der Waals surface area contributed by atoms with Crippen molar-refractivity contribution in [1.29, 1.82) is 5.26 Å². The molecule has 7 nitrogen and oxygen atoms in total. The lowest BCUT2D eigenvalue weighted by Gasteiger charge is -2.33. The number of likely N-dealkylation sites (N-methyl/N-ethyl adjacent to an activating group) is 1. The molecule has 7 heteroatoms. The Balaban J connectivity index is 1.38. The lowest BCUT2D eigenvalue weighted by molar-refractivity contribution is -0.125. The third kappa shape index (κ3) is 3.61. The Morgan fingerprint density at radius 2 is 1.84 bits per heavy atom. The molecule has 3 aliphatic rings. The van der Waals surface area contributed by atoms with Crippen molar-refractivity contribution in [3.63, 3.8) is 0 Å². The average Bonchev–Trinajstić information content (AvgIpc) is 3.24. The van der Waals surface area contributed by atoms with Crippen LogP contribution in [0.1, 0.15) is 22.3 Å². The molecule has 164 valence electrons. The van der Waals surface area contributed by atoms with E-state index in [1.54, 1.807) is 4.90 Å². The quantitative estimate of drug-likeness (QED) is 0.742. The first-order valence-electron chi connectivity index (χ1n) is 11.1. The molecule has 5 rings (SSSR count). The van der Waals surface area contributed by atoms with E-state index in [1.807, 2.05) is 35.2 Å². The number of amides is 2. The molecule has 2 aromatic rings. The molecule has 2 fully saturated rings. The van der Waals surface area contributed by atoms with Gasteiger partial charge in [-0.05, 0) is 54.8 Å². The second-order valence-electron chi connectivity index (χ2n) is 9.23. The van der Waals surface area contributed by atoms with Crippen molar-refractivity contribution < 1.29 is 9.59 Å². The lowest BCUT2D eigenvalue weighted by atomic mass is 9.76. The van der Waals surface area contributed by atoms with Crippen molar-refractivity contribution in [2.24, 2.45) is 5.41 Å². The zero-order chi connectivity index (χ0) is 22.3. The molecule has 2 amide bonds. The number of hydrogen-bond acceptors (Lipinski definition) is 5. The molecule has 2 saturated heterocycles. The summed E-state index contributed by atoms with van der Waals surface area (Å²) >= 11 is 0. The number of anilines is 1. The molecule has 0 aliphatic carbocycles. The summed E-state index contributed by atoms with van der Waals surface area (Å²) in [5, 5.41) is 12.3. The summed E-state index contributed by atoms with van der Waals surface area (Å²) in [7, 11) is 2.07. The molecule has 1 unspecified atom stereocenters. The minimum absolute atomic E-state index is 0.00102. The maximum atomic E-state index is 13.0. The van der Waals surface area contributed by atoms with Gasteiger partial charge in [-0.15, -0.1) is 0 Å². The third-order valence-electron chi connectivity index (χ3n) is 7.10. The number of benzene rings is 2. The van der Waals surface area contributed by atoms with Gasteiger partial charge >= 0.3 is 0 Å². The zero-order valence-electron chi connectivity index (χ0n) is 18.3. The van der Waals surface area contributed by atoms with Crippen molar-refractivity contribution >= 4 is 17.5 Å². The van der Waals surface area contributed by atoms with E-state index in [1.165, 1.54) is 0 Å². The van der Waals surface area contributed by atoms with Crippen LogP contribution in [-0.4, -0.2) is 72.8 Å². The molecular weight excluding hydrogens is 402 g/mol. The van der Waals surface area contributed by atoms with E-state index in [0.717, 1.165) is 48.6 Å². The lowest BCUT2D eigenvalue weighted by Crippen LogP contribution is -2.47. The number of carbonyl (C=O) groups is 2. The van der Waals surface area contributed by atoms with Gasteiger partial charge in [0.25, 0.3) is 5.91 Å². The first-order valence-corrected chi connectivity index (χ1v) is 11.1. The number of nitrogens with zero attached hydrogens (tertiary/aromatic N) is 4. The maximum absolute atomic E-state index is 13.0. The maximum Gasteiger partial charge on any atom is 0.253 e. The van der Waals surface area contributed by atoms with Crippen molar-refractivity contribution in [1.82, 2.24) is 14.7 Å². The molecular formula is C25H27N5O2. The van der Waals surface area contributed by atoms with Gasteiger partial charge in [-0.2, -0.15) is 5.26 Å². The van der Waals surface area contributed by atoms with Crippen LogP contribution in [0.5, 0.6) is 0 Å². The second kappa shape index (κ2) is 7.95. The van der Waals surface area contributed by atoms with Gasteiger partial charge in [0.05, 0.1) is 5.41 Å². The molecule has 0 aromatic heterocycles. The highest BCUT2D eigenvalue weighted by molar-refractivity contribution is 6.00. The minimum atomic E-state index is -0.515. The van der Waals surface area contributed by atoms with Crippen molar-refractivity contribution in [2.75, 3.05) is 51.6 Å². The van der Waals surface area contributed by atoms with E-state index < -0.39 is 5.41 Å². The Hall–Kier alpha value is -3.37. The standard InChI is InChI=1S/C25H27N5O2/c1-28-9-11-30(12-10-28)23(31)20-4-2-3-18(13-20)19-5-6-21-15-25(7-8-29(16-25)17-26)24(32)27-22(21)14-19/h2-6,13-14H,7-12,15-16H2,1H3,(H,27,32). The van der Waals surface area contributed by atoms with Crippen molar-refractivity contribution in [2.45, 2.75) is 12.8 Å². The fraction of sp³-hybridized carbons (Fsp3) is 0.400. The van der Waals surface area contributed by atoms with Crippen molar-refractivity contribution in [3.05, 3.63) is 53.6 Å². The Labute approximate surface area is 188 Å². The molecule has 1 spiro atoms. The largest absolute Gasteiger partial charge is 0.336 e. The van der Waals surface area contributed by atoms with Crippen molar-refractivity contribution in [3.8, 4) is 17.3 Å². The number of nitrogens with one attached hydrogen (secondary N) is 1. The zero-order valence-corrected chi connectivity index (χ0v) is 18.3. The molecule has 1 N–H and O–H groups in total. The Morgan fingerprint density at radius 1 is 1.06 bits per heavy atom. The number of carbonyl (C=O) groups excluding carboxylic acids is 2. The summed E-state index contributed by atoms with van der Waals surface area (Å²) in [5.41, 5.74) is 4.02. The van der Waals surface area contributed by atoms with E-state index in [4.69, 9.17) is 0 Å². The molecule has 0 saturated carbocycles. The van der Waals surface area contributed by atoms with Gasteiger partial charge < -0.3 is 20.0 Å². The Kier molecular flexibility index (Phi) is 5.10. The number of fused-ring (bicyclic) bond motifs is 1. The second-order valence-corrected chi connectivity index (χ2v) is 9.23. The highest BCUT2D eigenvalue weighted by Crippen LogP contribution is 2.41. The minimum Gasteiger partial charge on any atom is -0.336 e. The molecule has 2 aromatic carbocycles. The van der Waals surface area contributed by atoms with Crippen LogP contribution in [0.15, 0.2) is 42.5 Å². The third-order valence-corrected chi connectivity index (χ3v) is 7.10. The fourth-order valence-electron chi connectivity index (χ4n) is 5.04. The summed E-state index contributed by atoms with van der Waals surface area (Å²) in [4.78, 5) is 31.7. The number of piperazine rings is 1. The van der Waals surface area contributed by atoms with Gasteiger partial charge in [-0.1, -0.05) is 24.3 Å². The molecule has 1 atom stereocenters. The van der Waals surface area contributed by atoms with Crippen LogP contribution in [0, 0.1) is 16.9 Å². The van der Waals surface area contributed by atoms with E-state index in [9.17, 15) is 14.9 Å². The van der Waals surface area contributed by atoms with Crippen LogP contribution >= 0.6 is 0 Å². The van der Waals surface area contributed by atoms with E-state index in [-0.39, 0.29) is 11.8 Å². The summed E-state index contributed by atoms with van der Waals surface area (Å²) in [6, 6.07) is 13.8. The number of rotatable bonds is 2. The molecule has 0 bridgehead atoms. The Morgan fingerprint density at radius 3 is 2.59 bits per heavy atom. The molecule has 0 radical (unpaired) electrons. The first kappa shape index (κ1) is 20.5. The van der Waals surface area contributed by atoms with Crippen LogP contribution in [0.4, 0.5) is 5.69 Å². The van der Waals surface area contributed by atoms with Crippen LogP contribution < -0.4 is 5.32 Å². The van der Waals surface area contributed by atoms with Crippen LogP contribution in [0.25, 0.3) is 11.1 Å². The highest BCUT2D eigenvalue weighted by Gasteiger charge is 2.47. The normalized spacial score (nSPS) is 23.1. The van der Waals surface area contributed by atoms with Gasteiger partial charge in [0.15, 0.2) is 6.19 Å². The summed E-state index contributed by atoms with van der Waals surface area (Å²) < 4.78 is 0. The van der Waals surface area contributed by atoms with Crippen LogP contribution in [0.3, 0.4) is 0 Å². The molecule has 32 heavy (non-hydrogen) atoms. The smallest absolute Gasteiger partial charge is 0.253 e. The predicted octanol–water partition coefficient (Wildman–Crippen LogP) is 2.41. The summed E-state index contributed by atoms with van der Waals surface area (Å²) in [6.07, 6.45) is 3.52. The summed E-state index contributed by atoms with van der Waals surface area (Å²) in [6.45, 7) is 4.39. The first-order chi connectivity index (χ1) is 15.5. The SMILES string of the molecule is CN1CCN(C(=O)c2cccc(-c3ccc4c(c3)NC(=O)C3(CCN(C#N)C3)C4)c2)CC1.